The van der Waals surface area contributed by atoms with E-state index in [0.717, 1.165) is 0 Å². The van der Waals surface area contributed by atoms with Gasteiger partial charge < -0.3 is 13.9 Å². The van der Waals surface area contributed by atoms with Crippen molar-refractivity contribution in [3.63, 3.8) is 0 Å². The first-order valence-electron chi connectivity index (χ1n) is 9.72. The average molecular weight is 449 g/mol. The third kappa shape index (κ3) is 5.18. The number of benzene rings is 3. The molecule has 1 aromatic heterocycles. The highest BCUT2D eigenvalue weighted by atomic mass is 19.1. The fraction of sp³-hybridized carbons (Fsp3) is 0.0870. The molecule has 0 aliphatic carbocycles. The molecule has 1 unspecified atom stereocenters. The second-order valence-electron chi connectivity index (χ2n) is 6.88. The quantitative estimate of drug-likeness (QED) is 0.206. The van der Waals surface area contributed by atoms with E-state index < -0.39 is 17.0 Å². The zero-order valence-electron chi connectivity index (χ0n) is 17.2. The van der Waals surface area contributed by atoms with E-state index in [2.05, 4.69) is 10.2 Å². The smallest absolute Gasteiger partial charge is 0.338 e. The fourth-order valence-electron chi connectivity index (χ4n) is 2.82. The maximum absolute atomic E-state index is 13.0. The highest BCUT2D eigenvalue weighted by Crippen LogP contribution is 2.26. The normalized spacial score (nSPS) is 11.6. The molecule has 1 heterocycles. The number of nitro groups is 1. The fourth-order valence-corrected chi connectivity index (χ4v) is 2.82. The van der Waals surface area contributed by atoms with Crippen molar-refractivity contribution in [1.82, 2.24) is 10.2 Å². The van der Waals surface area contributed by atoms with Crippen molar-refractivity contribution in [2.75, 3.05) is 0 Å². The van der Waals surface area contributed by atoms with Crippen molar-refractivity contribution < 1.29 is 28.0 Å². The van der Waals surface area contributed by atoms with Crippen molar-refractivity contribution in [2.45, 2.75) is 13.0 Å². The average Bonchev–Trinajstić information content (AvgIpc) is 3.32. The van der Waals surface area contributed by atoms with Gasteiger partial charge in [0, 0.05) is 17.7 Å². The second-order valence-corrected chi connectivity index (χ2v) is 6.88. The number of aromatic nitrogens is 2. The van der Waals surface area contributed by atoms with Gasteiger partial charge in [0.15, 0.2) is 6.10 Å². The molecule has 0 spiro atoms. The Bertz CT molecular complexity index is 1270. The van der Waals surface area contributed by atoms with Crippen LogP contribution in [0, 0.1) is 15.9 Å². The molecule has 1 atom stereocenters. The Balaban J connectivity index is 1.38. The minimum atomic E-state index is -0.827. The predicted octanol–water partition coefficient (Wildman–Crippen LogP) is 5.49. The second kappa shape index (κ2) is 9.27. The zero-order valence-corrected chi connectivity index (χ0v) is 17.2. The van der Waals surface area contributed by atoms with E-state index in [1.54, 1.807) is 19.1 Å². The summed E-state index contributed by atoms with van der Waals surface area (Å²) >= 11 is 0. The summed E-state index contributed by atoms with van der Waals surface area (Å²) in [5.41, 5.74) is 0.716. The number of nitrogens with zero attached hydrogens (tertiary/aromatic N) is 3. The molecule has 33 heavy (non-hydrogen) atoms. The maximum atomic E-state index is 13.0. The first-order valence-corrected chi connectivity index (χ1v) is 9.72. The summed E-state index contributed by atoms with van der Waals surface area (Å²) in [5, 5.41) is 18.6. The Hall–Kier alpha value is -4.60. The number of hydrogen-bond acceptors (Lipinski definition) is 8. The van der Waals surface area contributed by atoms with Gasteiger partial charge in [0.05, 0.1) is 10.5 Å². The van der Waals surface area contributed by atoms with Crippen molar-refractivity contribution in [3.05, 3.63) is 100 Å². The minimum absolute atomic E-state index is 0.0603. The van der Waals surface area contributed by atoms with Gasteiger partial charge in [-0.15, -0.1) is 10.2 Å². The molecule has 0 radical (unpaired) electrons. The van der Waals surface area contributed by atoms with Crippen LogP contribution >= 0.6 is 0 Å². The highest BCUT2D eigenvalue weighted by Gasteiger charge is 2.20. The largest absolute Gasteiger partial charge is 0.457 e. The number of rotatable bonds is 7. The lowest BCUT2D eigenvalue weighted by Crippen LogP contribution is -2.09. The number of carbonyl (C=O) groups excluding carboxylic acids is 1. The third-order valence-electron chi connectivity index (χ3n) is 4.54. The van der Waals surface area contributed by atoms with Gasteiger partial charge in [-0.05, 0) is 67.6 Å². The molecule has 0 aliphatic heterocycles. The van der Waals surface area contributed by atoms with Gasteiger partial charge in [-0.25, -0.2) is 9.18 Å². The Morgan fingerprint density at radius 3 is 2.18 bits per heavy atom. The van der Waals surface area contributed by atoms with Gasteiger partial charge in [0.1, 0.15) is 17.3 Å². The summed E-state index contributed by atoms with van der Waals surface area (Å²) in [5.74, 6) is 0.177. The summed E-state index contributed by atoms with van der Waals surface area (Å²) in [7, 11) is 0. The van der Waals surface area contributed by atoms with E-state index in [1.165, 1.54) is 60.7 Å². The molecule has 0 saturated heterocycles. The van der Waals surface area contributed by atoms with E-state index >= 15 is 0 Å². The summed E-state index contributed by atoms with van der Waals surface area (Å²) in [6.45, 7) is 1.58. The van der Waals surface area contributed by atoms with Crippen LogP contribution in [-0.4, -0.2) is 21.1 Å². The molecule has 4 rings (SSSR count). The van der Waals surface area contributed by atoms with Crippen LogP contribution in [0.5, 0.6) is 11.5 Å². The number of hydrogen-bond donors (Lipinski definition) is 0. The van der Waals surface area contributed by atoms with Gasteiger partial charge in [0.25, 0.3) is 11.6 Å². The van der Waals surface area contributed by atoms with Crippen LogP contribution < -0.4 is 4.74 Å². The van der Waals surface area contributed by atoms with Crippen LogP contribution in [-0.2, 0) is 4.74 Å². The zero-order chi connectivity index (χ0) is 23.4. The molecule has 0 bridgehead atoms. The number of carbonyl (C=O) groups is 1. The van der Waals surface area contributed by atoms with Gasteiger partial charge in [-0.1, -0.05) is 0 Å². The van der Waals surface area contributed by atoms with Crippen molar-refractivity contribution in [3.8, 4) is 23.0 Å². The van der Waals surface area contributed by atoms with Crippen molar-refractivity contribution in [1.29, 1.82) is 0 Å². The molecule has 3 aromatic carbocycles. The number of esters is 1. The van der Waals surface area contributed by atoms with Crippen molar-refractivity contribution in [2.24, 2.45) is 0 Å². The van der Waals surface area contributed by atoms with Gasteiger partial charge in [-0.2, -0.15) is 0 Å². The number of nitro benzene ring substituents is 1. The molecular weight excluding hydrogens is 433 g/mol. The maximum Gasteiger partial charge on any atom is 0.338 e. The van der Waals surface area contributed by atoms with Crippen molar-refractivity contribution >= 4 is 11.7 Å². The van der Waals surface area contributed by atoms with Crippen LogP contribution in [0.1, 0.15) is 29.3 Å². The van der Waals surface area contributed by atoms with E-state index in [9.17, 15) is 19.3 Å². The molecular formula is C23H16FN3O6. The molecule has 0 N–H and O–H groups in total. The van der Waals surface area contributed by atoms with E-state index in [0.29, 0.717) is 17.1 Å². The monoisotopic (exact) mass is 449 g/mol. The van der Waals surface area contributed by atoms with Crippen LogP contribution in [0.25, 0.3) is 11.5 Å². The van der Waals surface area contributed by atoms with Crippen LogP contribution in [0.2, 0.25) is 0 Å². The van der Waals surface area contributed by atoms with Gasteiger partial charge >= 0.3 is 5.97 Å². The molecule has 0 amide bonds. The molecule has 9 nitrogen and oxygen atoms in total. The number of non-ortho nitro benzene ring substituents is 1. The lowest BCUT2D eigenvalue weighted by atomic mass is 10.2. The van der Waals surface area contributed by atoms with E-state index in [4.69, 9.17) is 13.9 Å². The van der Waals surface area contributed by atoms with Gasteiger partial charge in [-0.3, -0.25) is 10.1 Å². The predicted molar refractivity (Wildman–Crippen MR) is 113 cm³/mol. The first-order chi connectivity index (χ1) is 15.9. The lowest BCUT2D eigenvalue weighted by Gasteiger charge is -2.10. The summed E-state index contributed by atoms with van der Waals surface area (Å²) in [4.78, 5) is 22.7. The van der Waals surface area contributed by atoms with Crippen LogP contribution in [0.15, 0.2) is 77.2 Å². The minimum Gasteiger partial charge on any atom is -0.457 e. The van der Waals surface area contributed by atoms with Crippen LogP contribution in [0.3, 0.4) is 0 Å². The number of ether oxygens (including phenoxy) is 2. The Morgan fingerprint density at radius 1 is 0.970 bits per heavy atom. The number of halogens is 1. The molecule has 10 heteroatoms. The molecule has 4 aromatic rings. The van der Waals surface area contributed by atoms with E-state index in [1.807, 2.05) is 0 Å². The first kappa shape index (κ1) is 21.6. The Labute approximate surface area is 186 Å². The SMILES string of the molecule is CC(OC(=O)c1ccc(Oc2ccc(F)cc2)cc1)c1nnc(-c2ccc([N+](=O)[O-])cc2)o1. The summed E-state index contributed by atoms with van der Waals surface area (Å²) < 4.78 is 29.5. The topological polar surface area (TPSA) is 118 Å². The lowest BCUT2D eigenvalue weighted by molar-refractivity contribution is -0.384. The van der Waals surface area contributed by atoms with E-state index in [-0.39, 0.29) is 28.8 Å². The molecule has 166 valence electrons. The van der Waals surface area contributed by atoms with Gasteiger partial charge in [0.2, 0.25) is 5.89 Å². The molecule has 0 saturated carbocycles. The Morgan fingerprint density at radius 2 is 1.58 bits per heavy atom. The standard InChI is InChI=1S/C23H16FN3O6/c1-14(21-25-26-22(33-21)15-2-8-18(9-3-15)27(29)30)31-23(28)16-4-10-19(11-5-16)32-20-12-6-17(24)7-13-20/h2-14H,1H3. The van der Waals surface area contributed by atoms with Crippen LogP contribution in [0.4, 0.5) is 10.1 Å². The molecule has 0 fully saturated rings. The Kier molecular flexibility index (Phi) is 6.07. The summed E-state index contributed by atoms with van der Waals surface area (Å²) in [6, 6.07) is 17.4. The third-order valence-corrected chi connectivity index (χ3v) is 4.54. The highest BCUT2D eigenvalue weighted by molar-refractivity contribution is 5.89. The molecule has 0 aliphatic rings. The summed E-state index contributed by atoms with van der Waals surface area (Å²) in [6.07, 6.45) is -0.827.